The lowest BCUT2D eigenvalue weighted by Gasteiger charge is -2.27. The Balaban J connectivity index is 2.10. The molecule has 8 nitrogen and oxygen atoms in total. The first-order chi connectivity index (χ1) is 12.6. The molecule has 1 aliphatic heterocycles. The van der Waals surface area contributed by atoms with Crippen LogP contribution in [0.5, 0.6) is 0 Å². The van der Waals surface area contributed by atoms with Gasteiger partial charge in [-0.15, -0.1) is 0 Å². The number of ether oxygens (including phenoxy) is 1. The molecule has 0 bridgehead atoms. The smallest absolute Gasteiger partial charge is 0.408 e. The SMILES string of the molecule is CC(C)(C)OC(=O)N[C@@H](Cc1ccccc1)C(=O)N[C@@H]1CC(=O)N=C[C@H]1O. The number of aliphatic imine (C=N–C) groups is 1. The molecular weight excluding hydrogens is 350 g/mol. The molecule has 0 unspecified atom stereocenters. The minimum Gasteiger partial charge on any atom is -0.444 e. The van der Waals surface area contributed by atoms with Crippen molar-refractivity contribution in [1.82, 2.24) is 10.6 Å². The summed E-state index contributed by atoms with van der Waals surface area (Å²) in [5.41, 5.74) is 0.135. The molecule has 146 valence electrons. The van der Waals surface area contributed by atoms with Crippen LogP contribution in [-0.4, -0.2) is 53.0 Å². The van der Waals surface area contributed by atoms with Gasteiger partial charge in [-0.1, -0.05) is 30.3 Å². The Labute approximate surface area is 158 Å². The van der Waals surface area contributed by atoms with Gasteiger partial charge in [-0.3, -0.25) is 9.59 Å². The Bertz CT molecular complexity index is 712. The summed E-state index contributed by atoms with van der Waals surface area (Å²) in [7, 11) is 0. The fourth-order valence-electron chi connectivity index (χ4n) is 2.55. The maximum absolute atomic E-state index is 12.7. The van der Waals surface area contributed by atoms with E-state index in [9.17, 15) is 19.5 Å². The maximum Gasteiger partial charge on any atom is 0.408 e. The van der Waals surface area contributed by atoms with Crippen molar-refractivity contribution in [2.75, 3.05) is 0 Å². The fourth-order valence-corrected chi connectivity index (χ4v) is 2.55. The monoisotopic (exact) mass is 375 g/mol. The second kappa shape index (κ2) is 8.77. The number of rotatable bonds is 5. The molecule has 0 aliphatic carbocycles. The van der Waals surface area contributed by atoms with Gasteiger partial charge < -0.3 is 20.5 Å². The Morgan fingerprint density at radius 3 is 2.59 bits per heavy atom. The van der Waals surface area contributed by atoms with E-state index in [1.165, 1.54) is 0 Å². The van der Waals surface area contributed by atoms with Crippen molar-refractivity contribution in [2.24, 2.45) is 4.99 Å². The van der Waals surface area contributed by atoms with Gasteiger partial charge in [0.1, 0.15) is 17.7 Å². The summed E-state index contributed by atoms with van der Waals surface area (Å²) in [5, 5.41) is 15.1. The molecule has 1 aliphatic rings. The molecule has 8 heteroatoms. The maximum atomic E-state index is 12.7. The number of benzene rings is 1. The summed E-state index contributed by atoms with van der Waals surface area (Å²) in [4.78, 5) is 39.8. The normalized spacial score (nSPS) is 20.7. The quantitative estimate of drug-likeness (QED) is 0.709. The third-order valence-electron chi connectivity index (χ3n) is 3.80. The summed E-state index contributed by atoms with van der Waals surface area (Å²) < 4.78 is 5.23. The van der Waals surface area contributed by atoms with Gasteiger partial charge in [-0.05, 0) is 26.3 Å². The van der Waals surface area contributed by atoms with Crippen LogP contribution in [0.25, 0.3) is 0 Å². The van der Waals surface area contributed by atoms with Crippen molar-refractivity contribution >= 4 is 24.1 Å². The van der Waals surface area contributed by atoms with Crippen LogP contribution in [0.2, 0.25) is 0 Å². The molecule has 1 aromatic rings. The van der Waals surface area contributed by atoms with Crippen LogP contribution in [0.1, 0.15) is 32.8 Å². The second-order valence-electron chi connectivity index (χ2n) is 7.37. The van der Waals surface area contributed by atoms with Crippen LogP contribution in [0.3, 0.4) is 0 Å². The van der Waals surface area contributed by atoms with Gasteiger partial charge >= 0.3 is 6.09 Å². The Morgan fingerprint density at radius 2 is 1.96 bits per heavy atom. The van der Waals surface area contributed by atoms with Gasteiger partial charge in [0.05, 0.1) is 12.5 Å². The van der Waals surface area contributed by atoms with Gasteiger partial charge in [0.25, 0.3) is 0 Å². The van der Waals surface area contributed by atoms with Gasteiger partial charge in [0.2, 0.25) is 11.8 Å². The Hall–Kier alpha value is -2.74. The highest BCUT2D eigenvalue weighted by molar-refractivity contribution is 5.92. The van der Waals surface area contributed by atoms with Gasteiger partial charge in [-0.25, -0.2) is 9.79 Å². The minimum absolute atomic E-state index is 0.103. The van der Waals surface area contributed by atoms with Crippen LogP contribution in [0, 0.1) is 0 Å². The number of alkyl carbamates (subject to hydrolysis) is 1. The summed E-state index contributed by atoms with van der Waals surface area (Å²) in [5.74, 6) is -0.942. The van der Waals surface area contributed by atoms with E-state index in [-0.39, 0.29) is 12.8 Å². The average Bonchev–Trinajstić information content (AvgIpc) is 2.57. The number of hydrogen-bond donors (Lipinski definition) is 3. The van der Waals surface area contributed by atoms with Crippen molar-refractivity contribution in [1.29, 1.82) is 0 Å². The first-order valence-electron chi connectivity index (χ1n) is 8.73. The highest BCUT2D eigenvalue weighted by Crippen LogP contribution is 2.10. The first-order valence-corrected chi connectivity index (χ1v) is 8.73. The molecule has 0 saturated heterocycles. The molecule has 0 spiro atoms. The molecule has 0 fully saturated rings. The molecule has 0 radical (unpaired) electrons. The zero-order valence-corrected chi connectivity index (χ0v) is 15.6. The molecule has 0 aromatic heterocycles. The van der Waals surface area contributed by atoms with E-state index in [0.29, 0.717) is 0 Å². The standard InChI is InChI=1S/C19H25N3O5/c1-19(2,3)27-18(26)22-14(9-12-7-5-4-6-8-12)17(25)21-13-10-16(24)20-11-15(13)23/h4-8,11,13-15,23H,9-10H2,1-3H3,(H,21,25)(H,22,26)/t13-,14+,15-/m1/s1. The van der Waals surface area contributed by atoms with Crippen LogP contribution in [-0.2, 0) is 20.7 Å². The van der Waals surface area contributed by atoms with Crippen LogP contribution in [0.15, 0.2) is 35.3 Å². The Kier molecular flexibility index (Phi) is 6.68. The number of carbonyl (C=O) groups is 3. The third-order valence-corrected chi connectivity index (χ3v) is 3.80. The fraction of sp³-hybridized carbons (Fsp3) is 0.474. The van der Waals surface area contributed by atoms with E-state index >= 15 is 0 Å². The minimum atomic E-state index is -1.06. The van der Waals surface area contributed by atoms with Crippen LogP contribution < -0.4 is 10.6 Å². The number of nitrogens with zero attached hydrogens (tertiary/aromatic N) is 1. The summed E-state index contributed by atoms with van der Waals surface area (Å²) >= 11 is 0. The molecular formula is C19H25N3O5. The van der Waals surface area contributed by atoms with Crippen molar-refractivity contribution in [3.63, 3.8) is 0 Å². The number of carbonyl (C=O) groups excluding carboxylic acids is 3. The summed E-state index contributed by atoms with van der Waals surface area (Å²) in [6, 6.07) is 7.47. The molecule has 1 heterocycles. The number of aliphatic hydroxyl groups excluding tert-OH is 1. The predicted molar refractivity (Wildman–Crippen MR) is 99.4 cm³/mol. The highest BCUT2D eigenvalue weighted by atomic mass is 16.6. The molecule has 2 rings (SSSR count). The number of amides is 3. The second-order valence-corrected chi connectivity index (χ2v) is 7.37. The number of hydrogen-bond acceptors (Lipinski definition) is 5. The van der Waals surface area contributed by atoms with Crippen molar-refractivity contribution in [3.05, 3.63) is 35.9 Å². The van der Waals surface area contributed by atoms with Crippen molar-refractivity contribution < 1.29 is 24.2 Å². The lowest BCUT2D eigenvalue weighted by molar-refractivity contribution is -0.125. The van der Waals surface area contributed by atoms with E-state index in [2.05, 4.69) is 15.6 Å². The zero-order valence-electron chi connectivity index (χ0n) is 15.6. The largest absolute Gasteiger partial charge is 0.444 e. The molecule has 1 aromatic carbocycles. The number of nitrogens with one attached hydrogen (secondary N) is 2. The van der Waals surface area contributed by atoms with E-state index in [4.69, 9.17) is 4.74 Å². The molecule has 3 amide bonds. The highest BCUT2D eigenvalue weighted by Gasteiger charge is 2.31. The van der Waals surface area contributed by atoms with Crippen molar-refractivity contribution in [2.45, 2.75) is 57.4 Å². The van der Waals surface area contributed by atoms with Gasteiger partial charge in [0.15, 0.2) is 0 Å². The lowest BCUT2D eigenvalue weighted by atomic mass is 10.0. The first kappa shape index (κ1) is 20.6. The van der Waals surface area contributed by atoms with Crippen LogP contribution in [0.4, 0.5) is 4.79 Å². The number of aliphatic hydroxyl groups is 1. The molecule has 3 atom stereocenters. The lowest BCUT2D eigenvalue weighted by Crippen LogP contribution is -2.55. The predicted octanol–water partition coefficient (Wildman–Crippen LogP) is 0.969. The average molecular weight is 375 g/mol. The van der Waals surface area contributed by atoms with Crippen molar-refractivity contribution in [3.8, 4) is 0 Å². The molecule has 27 heavy (non-hydrogen) atoms. The molecule has 3 N–H and O–H groups in total. The Morgan fingerprint density at radius 1 is 1.30 bits per heavy atom. The molecule has 0 saturated carbocycles. The third kappa shape index (κ3) is 6.82. The van der Waals surface area contributed by atoms with E-state index in [1.807, 2.05) is 30.3 Å². The van der Waals surface area contributed by atoms with Crippen LogP contribution >= 0.6 is 0 Å². The van der Waals surface area contributed by atoms with E-state index in [0.717, 1.165) is 11.8 Å². The van der Waals surface area contributed by atoms with E-state index < -0.39 is 41.7 Å². The topological polar surface area (TPSA) is 117 Å². The van der Waals surface area contributed by atoms with Gasteiger partial charge in [-0.2, -0.15) is 0 Å². The summed E-state index contributed by atoms with van der Waals surface area (Å²) in [6.07, 6.45) is -0.555. The van der Waals surface area contributed by atoms with E-state index in [1.54, 1.807) is 20.8 Å². The van der Waals surface area contributed by atoms with Gasteiger partial charge in [0, 0.05) is 12.6 Å². The zero-order chi connectivity index (χ0) is 20.0. The summed E-state index contributed by atoms with van der Waals surface area (Å²) in [6.45, 7) is 5.17.